The minimum atomic E-state index is 0.524. The predicted molar refractivity (Wildman–Crippen MR) is 67.2 cm³/mol. The van der Waals surface area contributed by atoms with Crippen LogP contribution in [0, 0.1) is 19.8 Å². The number of hydrogen-bond acceptors (Lipinski definition) is 4. The van der Waals surface area contributed by atoms with Gasteiger partial charge in [-0.25, -0.2) is 9.97 Å². The molecule has 0 radical (unpaired) electrons. The molecule has 2 rings (SSSR count). The van der Waals surface area contributed by atoms with Crippen LogP contribution >= 0.6 is 0 Å². The van der Waals surface area contributed by atoms with E-state index >= 15 is 0 Å². The van der Waals surface area contributed by atoms with Crippen molar-refractivity contribution >= 4 is 0 Å². The third kappa shape index (κ3) is 3.97. The lowest BCUT2D eigenvalue weighted by Gasteiger charge is -2.22. The number of hydrogen-bond donors (Lipinski definition) is 1. The van der Waals surface area contributed by atoms with E-state index in [9.17, 15) is 0 Å². The first-order chi connectivity index (χ1) is 8.24. The van der Waals surface area contributed by atoms with Crippen molar-refractivity contribution in [2.24, 2.45) is 5.92 Å². The third-order valence-electron chi connectivity index (χ3n) is 3.18. The van der Waals surface area contributed by atoms with Crippen LogP contribution in [-0.4, -0.2) is 29.7 Å². The Morgan fingerprint density at radius 2 is 1.88 bits per heavy atom. The highest BCUT2D eigenvalue weighted by Gasteiger charge is 2.13. The summed E-state index contributed by atoms with van der Waals surface area (Å²) in [5.41, 5.74) is 1.93. The molecule has 1 fully saturated rings. The average molecular weight is 235 g/mol. The summed E-state index contributed by atoms with van der Waals surface area (Å²) in [6.07, 6.45) is 3.63. The molecule has 1 aliphatic rings. The second-order valence-electron chi connectivity index (χ2n) is 4.76. The quantitative estimate of drug-likeness (QED) is 0.865. The summed E-state index contributed by atoms with van der Waals surface area (Å²) in [7, 11) is 0. The number of nitrogens with zero attached hydrogens (tertiary/aromatic N) is 2. The van der Waals surface area contributed by atoms with E-state index in [1.165, 1.54) is 12.8 Å². The van der Waals surface area contributed by atoms with Gasteiger partial charge in [0, 0.05) is 11.4 Å². The minimum Gasteiger partial charge on any atom is -0.463 e. The van der Waals surface area contributed by atoms with Crippen molar-refractivity contribution in [1.82, 2.24) is 15.3 Å². The van der Waals surface area contributed by atoms with E-state index in [0.29, 0.717) is 6.01 Å². The van der Waals surface area contributed by atoms with Crippen LogP contribution in [0.5, 0.6) is 6.01 Å². The molecule has 17 heavy (non-hydrogen) atoms. The van der Waals surface area contributed by atoms with Crippen LogP contribution in [0.4, 0.5) is 0 Å². The summed E-state index contributed by atoms with van der Waals surface area (Å²) >= 11 is 0. The molecule has 0 atom stereocenters. The van der Waals surface area contributed by atoms with Crippen LogP contribution in [-0.2, 0) is 0 Å². The van der Waals surface area contributed by atoms with Gasteiger partial charge in [-0.1, -0.05) is 0 Å². The van der Waals surface area contributed by atoms with Gasteiger partial charge in [0.15, 0.2) is 0 Å². The van der Waals surface area contributed by atoms with Crippen molar-refractivity contribution in [3.05, 3.63) is 17.5 Å². The van der Waals surface area contributed by atoms with Gasteiger partial charge in [0.25, 0.3) is 0 Å². The van der Waals surface area contributed by atoms with Crippen LogP contribution in [0.25, 0.3) is 0 Å². The van der Waals surface area contributed by atoms with E-state index < -0.39 is 0 Å². The van der Waals surface area contributed by atoms with Gasteiger partial charge in [-0.05, 0) is 58.2 Å². The fourth-order valence-corrected chi connectivity index (χ4v) is 2.25. The topological polar surface area (TPSA) is 47.0 Å². The van der Waals surface area contributed by atoms with Gasteiger partial charge in [0.1, 0.15) is 0 Å². The van der Waals surface area contributed by atoms with Crippen LogP contribution in [0.3, 0.4) is 0 Å². The zero-order valence-corrected chi connectivity index (χ0v) is 10.7. The number of ether oxygens (including phenoxy) is 1. The molecule has 1 saturated heterocycles. The summed E-state index contributed by atoms with van der Waals surface area (Å²) in [5.74, 6) is 0.794. The van der Waals surface area contributed by atoms with E-state index in [1.54, 1.807) is 0 Å². The van der Waals surface area contributed by atoms with Crippen LogP contribution < -0.4 is 10.1 Å². The molecule has 0 saturated carbocycles. The van der Waals surface area contributed by atoms with Crippen LogP contribution in [0.1, 0.15) is 30.7 Å². The van der Waals surface area contributed by atoms with Gasteiger partial charge in [-0.3, -0.25) is 0 Å². The lowest BCUT2D eigenvalue weighted by Crippen LogP contribution is -2.28. The maximum Gasteiger partial charge on any atom is 0.316 e. The van der Waals surface area contributed by atoms with E-state index in [-0.39, 0.29) is 0 Å². The SMILES string of the molecule is Cc1cc(C)nc(OCCC2CCNCC2)n1. The van der Waals surface area contributed by atoms with Gasteiger partial charge in [-0.2, -0.15) is 0 Å². The minimum absolute atomic E-state index is 0.524. The normalized spacial score (nSPS) is 17.1. The van der Waals surface area contributed by atoms with E-state index in [4.69, 9.17) is 4.74 Å². The number of rotatable bonds is 4. The van der Waals surface area contributed by atoms with Gasteiger partial charge in [-0.15, -0.1) is 0 Å². The van der Waals surface area contributed by atoms with Crippen molar-refractivity contribution in [3.8, 4) is 6.01 Å². The molecule has 2 heterocycles. The molecule has 1 aromatic heterocycles. The highest BCUT2D eigenvalue weighted by molar-refractivity contribution is 5.10. The first kappa shape index (κ1) is 12.3. The Labute approximate surface area is 103 Å². The molecular weight excluding hydrogens is 214 g/mol. The molecule has 1 aliphatic heterocycles. The first-order valence-electron chi connectivity index (χ1n) is 6.40. The number of aryl methyl sites for hydroxylation is 2. The maximum atomic E-state index is 5.63. The summed E-state index contributed by atoms with van der Waals surface area (Å²) in [6.45, 7) is 6.95. The Morgan fingerprint density at radius 3 is 2.53 bits per heavy atom. The van der Waals surface area contributed by atoms with Gasteiger partial charge >= 0.3 is 6.01 Å². The average Bonchev–Trinajstić information content (AvgIpc) is 2.29. The number of aromatic nitrogens is 2. The molecule has 1 aromatic rings. The molecule has 0 amide bonds. The smallest absolute Gasteiger partial charge is 0.316 e. The van der Waals surface area contributed by atoms with E-state index in [2.05, 4.69) is 15.3 Å². The molecule has 0 aromatic carbocycles. The second kappa shape index (κ2) is 5.96. The molecule has 0 unspecified atom stereocenters. The summed E-state index contributed by atoms with van der Waals surface area (Å²) in [5, 5.41) is 3.37. The Morgan fingerprint density at radius 1 is 1.24 bits per heavy atom. The summed E-state index contributed by atoms with van der Waals surface area (Å²) in [6, 6.07) is 2.48. The Bertz CT molecular complexity index is 341. The maximum absolute atomic E-state index is 5.63. The predicted octanol–water partition coefficient (Wildman–Crippen LogP) is 1.86. The monoisotopic (exact) mass is 235 g/mol. The fourth-order valence-electron chi connectivity index (χ4n) is 2.25. The molecule has 4 nitrogen and oxygen atoms in total. The molecular formula is C13H21N3O. The highest BCUT2D eigenvalue weighted by Crippen LogP contribution is 2.16. The van der Waals surface area contributed by atoms with E-state index in [0.717, 1.165) is 43.4 Å². The molecule has 0 bridgehead atoms. The Hall–Kier alpha value is -1.16. The van der Waals surface area contributed by atoms with Crippen molar-refractivity contribution < 1.29 is 4.74 Å². The standard InChI is InChI=1S/C13H21N3O/c1-10-9-11(2)16-13(15-10)17-8-5-12-3-6-14-7-4-12/h9,12,14H,3-8H2,1-2H3. The molecule has 0 aliphatic carbocycles. The van der Waals surface area contributed by atoms with Crippen molar-refractivity contribution in [1.29, 1.82) is 0 Å². The number of piperidine rings is 1. The lowest BCUT2D eigenvalue weighted by atomic mass is 9.95. The van der Waals surface area contributed by atoms with Gasteiger partial charge in [0.2, 0.25) is 0 Å². The molecule has 4 heteroatoms. The molecule has 0 spiro atoms. The molecule has 94 valence electrons. The summed E-state index contributed by atoms with van der Waals surface area (Å²) < 4.78 is 5.63. The number of nitrogens with one attached hydrogen (secondary N) is 1. The highest BCUT2D eigenvalue weighted by atomic mass is 16.5. The zero-order chi connectivity index (χ0) is 12.1. The van der Waals surface area contributed by atoms with Crippen LogP contribution in [0.2, 0.25) is 0 Å². The largest absolute Gasteiger partial charge is 0.463 e. The Balaban J connectivity index is 1.77. The third-order valence-corrected chi connectivity index (χ3v) is 3.18. The zero-order valence-electron chi connectivity index (χ0n) is 10.7. The van der Waals surface area contributed by atoms with Crippen molar-refractivity contribution in [2.75, 3.05) is 19.7 Å². The van der Waals surface area contributed by atoms with Gasteiger partial charge in [0.05, 0.1) is 6.61 Å². The van der Waals surface area contributed by atoms with Gasteiger partial charge < -0.3 is 10.1 Å². The summed E-state index contributed by atoms with van der Waals surface area (Å²) in [4.78, 5) is 8.54. The van der Waals surface area contributed by atoms with Crippen LogP contribution in [0.15, 0.2) is 6.07 Å². The van der Waals surface area contributed by atoms with E-state index in [1.807, 2.05) is 19.9 Å². The first-order valence-corrected chi connectivity index (χ1v) is 6.40. The van der Waals surface area contributed by atoms with Crippen molar-refractivity contribution in [3.63, 3.8) is 0 Å². The lowest BCUT2D eigenvalue weighted by molar-refractivity contribution is 0.237. The Kier molecular flexibility index (Phi) is 4.31. The second-order valence-corrected chi connectivity index (χ2v) is 4.76. The molecule has 1 N–H and O–H groups in total. The van der Waals surface area contributed by atoms with Crippen molar-refractivity contribution in [2.45, 2.75) is 33.1 Å². The fraction of sp³-hybridized carbons (Fsp3) is 0.692.